The number of carbonyl (C=O) groups is 2. The second-order valence-electron chi connectivity index (χ2n) is 4.40. The number of nitrogens with two attached hydrogens (primary N) is 1. The van der Waals surface area contributed by atoms with E-state index >= 15 is 0 Å². The van der Waals surface area contributed by atoms with Gasteiger partial charge in [0.15, 0.2) is 5.13 Å². The fraction of sp³-hybridized carbons (Fsp3) is 0.214. The summed E-state index contributed by atoms with van der Waals surface area (Å²) in [4.78, 5) is 27.3. The Bertz CT molecular complexity index is 721. The highest BCUT2D eigenvalue weighted by Crippen LogP contribution is 2.25. The van der Waals surface area contributed by atoms with Crippen molar-refractivity contribution in [2.75, 3.05) is 18.2 Å². The number of benzene rings is 1. The molecule has 0 bridgehead atoms. The summed E-state index contributed by atoms with van der Waals surface area (Å²) in [7, 11) is 1.48. The number of aromatic nitrogens is 1. The van der Waals surface area contributed by atoms with E-state index in [1.807, 2.05) is 5.38 Å². The number of anilines is 1. The number of ether oxygens (including phenoxy) is 1. The Morgan fingerprint density at radius 1 is 1.48 bits per heavy atom. The molecule has 1 heterocycles. The minimum atomic E-state index is -0.369. The van der Waals surface area contributed by atoms with E-state index < -0.39 is 0 Å². The molecule has 2 aromatic rings. The first kappa shape index (κ1) is 17.6. The fourth-order valence-corrected chi connectivity index (χ4v) is 3.35. The summed E-state index contributed by atoms with van der Waals surface area (Å²) < 4.78 is 5.16. The second-order valence-corrected chi connectivity index (χ2v) is 6.68. The van der Waals surface area contributed by atoms with Gasteiger partial charge >= 0.3 is 0 Å². The van der Waals surface area contributed by atoms with Crippen molar-refractivity contribution in [1.29, 1.82) is 0 Å². The molecule has 3 N–H and O–H groups in total. The third-order valence-electron chi connectivity index (χ3n) is 2.67. The molecule has 0 atom stereocenters. The van der Waals surface area contributed by atoms with Gasteiger partial charge in [0.25, 0.3) is 5.91 Å². The van der Waals surface area contributed by atoms with E-state index in [0.717, 1.165) is 5.69 Å². The van der Waals surface area contributed by atoms with Gasteiger partial charge in [-0.25, -0.2) is 4.98 Å². The molecule has 1 aromatic carbocycles. The first-order chi connectivity index (χ1) is 11.0. The van der Waals surface area contributed by atoms with Crippen molar-refractivity contribution in [3.63, 3.8) is 0 Å². The van der Waals surface area contributed by atoms with Crippen LogP contribution in [0.15, 0.2) is 23.6 Å². The first-order valence-electron chi connectivity index (χ1n) is 6.45. The van der Waals surface area contributed by atoms with Gasteiger partial charge in [0.2, 0.25) is 5.91 Å². The summed E-state index contributed by atoms with van der Waals surface area (Å²) in [5, 5.41) is 5.43. The van der Waals surface area contributed by atoms with Gasteiger partial charge in [-0.15, -0.1) is 23.1 Å². The number of nitrogens with zero attached hydrogens (tertiary/aromatic N) is 1. The van der Waals surface area contributed by atoms with Crippen LogP contribution in [0, 0.1) is 0 Å². The number of hydrogen-bond donors (Lipinski definition) is 2. The van der Waals surface area contributed by atoms with Gasteiger partial charge in [-0.3, -0.25) is 14.9 Å². The summed E-state index contributed by atoms with van der Waals surface area (Å²) >= 11 is 8.59. The Labute approximate surface area is 146 Å². The molecule has 0 unspecified atom stereocenters. The van der Waals surface area contributed by atoms with Gasteiger partial charge in [0.05, 0.1) is 24.1 Å². The maximum atomic E-state index is 12.3. The Kier molecular flexibility index (Phi) is 6.26. The van der Waals surface area contributed by atoms with Crippen molar-refractivity contribution in [1.82, 2.24) is 4.98 Å². The van der Waals surface area contributed by atoms with E-state index in [1.54, 1.807) is 12.1 Å². The van der Waals surface area contributed by atoms with Crippen molar-refractivity contribution < 1.29 is 14.3 Å². The average Bonchev–Trinajstić information content (AvgIpc) is 2.94. The predicted molar refractivity (Wildman–Crippen MR) is 93.4 cm³/mol. The summed E-state index contributed by atoms with van der Waals surface area (Å²) in [5.74, 6) is 0.497. The highest BCUT2D eigenvalue weighted by atomic mass is 35.5. The largest absolute Gasteiger partial charge is 0.496 e. The summed E-state index contributed by atoms with van der Waals surface area (Å²) in [6.45, 7) is 0. The molecule has 0 radical (unpaired) electrons. The number of rotatable bonds is 7. The molecule has 0 fully saturated rings. The normalized spacial score (nSPS) is 10.3. The molecular weight excluding hydrogens is 358 g/mol. The average molecular weight is 372 g/mol. The van der Waals surface area contributed by atoms with Crippen molar-refractivity contribution >= 4 is 51.6 Å². The lowest BCUT2D eigenvalue weighted by molar-refractivity contribution is -0.115. The molecule has 6 nitrogen and oxygen atoms in total. The van der Waals surface area contributed by atoms with Gasteiger partial charge < -0.3 is 10.5 Å². The molecule has 0 saturated heterocycles. The Morgan fingerprint density at radius 2 is 2.26 bits per heavy atom. The van der Waals surface area contributed by atoms with E-state index in [4.69, 9.17) is 22.1 Å². The minimum Gasteiger partial charge on any atom is -0.496 e. The Hall–Kier alpha value is -1.77. The number of halogens is 1. The number of thiazole rings is 1. The van der Waals surface area contributed by atoms with Gasteiger partial charge in [-0.1, -0.05) is 11.6 Å². The zero-order valence-corrected chi connectivity index (χ0v) is 14.6. The third-order valence-corrected chi connectivity index (χ3v) is 4.70. The number of nitrogens with one attached hydrogen (secondary N) is 1. The lowest BCUT2D eigenvalue weighted by Crippen LogP contribution is -2.13. The second kappa shape index (κ2) is 8.19. The lowest BCUT2D eigenvalue weighted by atomic mass is 10.2. The van der Waals surface area contributed by atoms with E-state index in [1.165, 1.54) is 36.3 Å². The molecule has 1 aromatic heterocycles. The predicted octanol–water partition coefficient (Wildman–Crippen LogP) is 2.78. The molecule has 122 valence electrons. The molecular formula is C14H14ClN3O3S2. The summed E-state index contributed by atoms with van der Waals surface area (Å²) in [6.07, 6.45) is 0. The molecule has 0 saturated carbocycles. The highest BCUT2D eigenvalue weighted by Gasteiger charge is 2.15. The number of methoxy groups -OCH3 is 1. The summed E-state index contributed by atoms with van der Waals surface area (Å²) in [6, 6.07) is 4.81. The van der Waals surface area contributed by atoms with E-state index in [2.05, 4.69) is 10.3 Å². The van der Waals surface area contributed by atoms with Crippen LogP contribution in [-0.4, -0.2) is 29.7 Å². The lowest BCUT2D eigenvalue weighted by Gasteiger charge is -2.08. The molecule has 0 spiro atoms. The highest BCUT2D eigenvalue weighted by molar-refractivity contribution is 7.99. The van der Waals surface area contributed by atoms with Crippen LogP contribution in [0.2, 0.25) is 5.02 Å². The molecule has 0 aliphatic carbocycles. The van der Waals surface area contributed by atoms with Crippen molar-refractivity contribution in [2.45, 2.75) is 5.75 Å². The zero-order chi connectivity index (χ0) is 16.8. The monoisotopic (exact) mass is 371 g/mol. The number of thioether (sulfide) groups is 1. The van der Waals surface area contributed by atoms with Gasteiger partial charge in [0.1, 0.15) is 5.75 Å². The smallest absolute Gasteiger partial charge is 0.261 e. The van der Waals surface area contributed by atoms with Crippen LogP contribution in [0.3, 0.4) is 0 Å². The molecule has 9 heteroatoms. The molecule has 23 heavy (non-hydrogen) atoms. The van der Waals surface area contributed by atoms with E-state index in [0.29, 0.717) is 27.2 Å². The van der Waals surface area contributed by atoms with Gasteiger partial charge in [-0.05, 0) is 18.2 Å². The Morgan fingerprint density at radius 3 is 2.96 bits per heavy atom. The maximum Gasteiger partial charge on any atom is 0.261 e. The van der Waals surface area contributed by atoms with Crippen LogP contribution in [0.25, 0.3) is 0 Å². The standard InChI is InChI=1S/C14H14ClN3O3S2/c1-21-11-3-2-8(15)4-10(11)13(20)18-14-17-9(6-23-14)5-22-7-12(16)19/h2-4,6H,5,7H2,1H3,(H2,16,19)(H,17,18,20). The van der Waals surface area contributed by atoms with Crippen LogP contribution < -0.4 is 15.8 Å². The molecule has 2 rings (SSSR count). The quantitative estimate of drug-likeness (QED) is 0.780. The topological polar surface area (TPSA) is 94.3 Å². The van der Waals surface area contributed by atoms with E-state index in [-0.39, 0.29) is 17.6 Å². The van der Waals surface area contributed by atoms with Crippen molar-refractivity contribution in [3.8, 4) is 5.75 Å². The van der Waals surface area contributed by atoms with Crippen LogP contribution in [0.5, 0.6) is 5.75 Å². The van der Waals surface area contributed by atoms with E-state index in [9.17, 15) is 9.59 Å². The van der Waals surface area contributed by atoms with Crippen LogP contribution in [0.1, 0.15) is 16.1 Å². The van der Waals surface area contributed by atoms with Crippen molar-refractivity contribution in [3.05, 3.63) is 39.9 Å². The van der Waals surface area contributed by atoms with Gasteiger partial charge in [-0.2, -0.15) is 0 Å². The zero-order valence-electron chi connectivity index (χ0n) is 12.2. The minimum absolute atomic E-state index is 0.235. The Balaban J connectivity index is 2.02. The van der Waals surface area contributed by atoms with Gasteiger partial charge in [0, 0.05) is 16.2 Å². The first-order valence-corrected chi connectivity index (χ1v) is 8.86. The molecule has 0 aliphatic heterocycles. The number of primary amides is 1. The van der Waals surface area contributed by atoms with Crippen LogP contribution in [-0.2, 0) is 10.5 Å². The molecule has 2 amide bonds. The summed E-state index contributed by atoms with van der Waals surface area (Å²) in [5.41, 5.74) is 6.18. The number of carbonyl (C=O) groups excluding carboxylic acids is 2. The SMILES string of the molecule is COc1ccc(Cl)cc1C(=O)Nc1nc(CSCC(N)=O)cs1. The number of hydrogen-bond acceptors (Lipinski definition) is 6. The molecule has 0 aliphatic rings. The van der Waals surface area contributed by atoms with Crippen LogP contribution >= 0.6 is 34.7 Å². The number of amides is 2. The maximum absolute atomic E-state index is 12.3. The third kappa shape index (κ3) is 5.12. The van der Waals surface area contributed by atoms with Crippen LogP contribution in [0.4, 0.5) is 5.13 Å². The fourth-order valence-electron chi connectivity index (χ4n) is 1.71. The van der Waals surface area contributed by atoms with Crippen molar-refractivity contribution in [2.24, 2.45) is 5.73 Å².